The third-order valence-electron chi connectivity index (χ3n) is 1.85. The second-order valence-electron chi connectivity index (χ2n) is 3.10. The van der Waals surface area contributed by atoms with Crippen molar-refractivity contribution < 1.29 is 17.9 Å². The van der Waals surface area contributed by atoms with E-state index in [0.717, 1.165) is 6.08 Å². The van der Waals surface area contributed by atoms with Gasteiger partial charge in [-0.2, -0.15) is 0 Å². The monoisotopic (exact) mass is 255 g/mol. The summed E-state index contributed by atoms with van der Waals surface area (Å²) < 4.78 is 30.4. The van der Waals surface area contributed by atoms with Crippen molar-refractivity contribution in [1.82, 2.24) is 4.72 Å². The highest BCUT2D eigenvalue weighted by Gasteiger charge is 2.12. The van der Waals surface area contributed by atoms with Crippen LogP contribution in [0.5, 0.6) is 5.75 Å². The molecule has 17 heavy (non-hydrogen) atoms. The van der Waals surface area contributed by atoms with Gasteiger partial charge in [-0.15, -0.1) is 0 Å². The number of ether oxygens (including phenoxy) is 1. The number of esters is 1. The number of carbonyl (C=O) groups excluding carboxylic acids is 1. The van der Waals surface area contributed by atoms with Crippen LogP contribution in [0.1, 0.15) is 6.92 Å². The van der Waals surface area contributed by atoms with Gasteiger partial charge in [-0.05, 0) is 24.3 Å². The Balaban J connectivity index is 2.88. The molecule has 0 aliphatic rings. The van der Waals surface area contributed by atoms with Gasteiger partial charge in [0.25, 0.3) is 0 Å². The lowest BCUT2D eigenvalue weighted by atomic mass is 10.3. The maximum absolute atomic E-state index is 11.6. The molecule has 5 nitrogen and oxygen atoms in total. The maximum atomic E-state index is 11.6. The standard InChI is InChI=1S/C11H13NO4S/c1-3-11(13)16-9-5-7-10(8-6-9)17(14,15)12-4-2/h3,5-8,12H,1,4H2,2H3. The van der Waals surface area contributed by atoms with E-state index < -0.39 is 16.0 Å². The Labute approximate surface area is 100 Å². The molecule has 1 aromatic carbocycles. The van der Waals surface area contributed by atoms with E-state index in [0.29, 0.717) is 6.54 Å². The van der Waals surface area contributed by atoms with Gasteiger partial charge in [-0.25, -0.2) is 17.9 Å². The van der Waals surface area contributed by atoms with Crippen molar-refractivity contribution in [2.45, 2.75) is 11.8 Å². The fourth-order valence-electron chi connectivity index (χ4n) is 1.12. The summed E-state index contributed by atoms with van der Waals surface area (Å²) in [5, 5.41) is 0. The summed E-state index contributed by atoms with van der Waals surface area (Å²) >= 11 is 0. The molecule has 0 saturated heterocycles. The molecular weight excluding hydrogens is 242 g/mol. The molecule has 0 atom stereocenters. The summed E-state index contributed by atoms with van der Waals surface area (Å²) in [4.78, 5) is 11.0. The zero-order chi connectivity index (χ0) is 12.9. The van der Waals surface area contributed by atoms with Gasteiger partial charge in [-0.3, -0.25) is 0 Å². The molecule has 6 heteroatoms. The molecule has 0 unspecified atom stereocenters. The van der Waals surface area contributed by atoms with Crippen molar-refractivity contribution in [1.29, 1.82) is 0 Å². The lowest BCUT2D eigenvalue weighted by Crippen LogP contribution is -2.23. The largest absolute Gasteiger partial charge is 0.423 e. The van der Waals surface area contributed by atoms with E-state index in [2.05, 4.69) is 11.3 Å². The number of hydrogen-bond donors (Lipinski definition) is 1. The normalized spacial score (nSPS) is 10.9. The molecule has 0 aliphatic carbocycles. The molecule has 0 amide bonds. The maximum Gasteiger partial charge on any atom is 0.335 e. The number of sulfonamides is 1. The highest BCUT2D eigenvalue weighted by molar-refractivity contribution is 7.89. The first-order chi connectivity index (χ1) is 7.99. The zero-order valence-electron chi connectivity index (χ0n) is 9.34. The molecular formula is C11H13NO4S. The predicted octanol–water partition coefficient (Wildman–Crippen LogP) is 1.08. The zero-order valence-corrected chi connectivity index (χ0v) is 10.2. The molecule has 0 spiro atoms. The van der Waals surface area contributed by atoms with E-state index in [4.69, 9.17) is 4.74 Å². The molecule has 0 radical (unpaired) electrons. The van der Waals surface area contributed by atoms with Crippen molar-refractivity contribution in [3.05, 3.63) is 36.9 Å². The van der Waals surface area contributed by atoms with Gasteiger partial charge in [0.05, 0.1) is 4.90 Å². The number of carbonyl (C=O) groups is 1. The van der Waals surface area contributed by atoms with Crippen LogP contribution in [0.3, 0.4) is 0 Å². The van der Waals surface area contributed by atoms with Crippen molar-refractivity contribution >= 4 is 16.0 Å². The second-order valence-corrected chi connectivity index (χ2v) is 4.86. The minimum atomic E-state index is -3.47. The molecule has 0 saturated carbocycles. The van der Waals surface area contributed by atoms with Crippen LogP contribution in [0.15, 0.2) is 41.8 Å². The third-order valence-corrected chi connectivity index (χ3v) is 3.41. The van der Waals surface area contributed by atoms with E-state index in [-0.39, 0.29) is 10.6 Å². The summed E-state index contributed by atoms with van der Waals surface area (Å²) in [5.41, 5.74) is 0. The first-order valence-electron chi connectivity index (χ1n) is 4.93. The Kier molecular flexibility index (Phi) is 4.42. The quantitative estimate of drug-likeness (QED) is 0.485. The minimum Gasteiger partial charge on any atom is -0.423 e. The Morgan fingerprint density at radius 3 is 2.47 bits per heavy atom. The van der Waals surface area contributed by atoms with Crippen LogP contribution >= 0.6 is 0 Å². The summed E-state index contributed by atoms with van der Waals surface area (Å²) in [6, 6.07) is 5.55. The van der Waals surface area contributed by atoms with E-state index in [1.54, 1.807) is 6.92 Å². The molecule has 0 aromatic heterocycles. The number of hydrogen-bond acceptors (Lipinski definition) is 4. The van der Waals surface area contributed by atoms with Gasteiger partial charge >= 0.3 is 5.97 Å². The molecule has 1 rings (SSSR count). The second kappa shape index (κ2) is 5.60. The summed E-state index contributed by atoms with van der Waals surface area (Å²) in [6.07, 6.45) is 1.03. The van der Waals surface area contributed by atoms with E-state index in [1.807, 2.05) is 0 Å². The summed E-state index contributed by atoms with van der Waals surface area (Å²) in [7, 11) is -3.47. The highest BCUT2D eigenvalue weighted by Crippen LogP contribution is 2.15. The molecule has 1 aromatic rings. The molecule has 92 valence electrons. The van der Waals surface area contributed by atoms with Crippen molar-refractivity contribution in [2.24, 2.45) is 0 Å². The van der Waals surface area contributed by atoms with Crippen molar-refractivity contribution in [2.75, 3.05) is 6.54 Å². The number of benzene rings is 1. The lowest BCUT2D eigenvalue weighted by molar-refractivity contribution is -0.128. The lowest BCUT2D eigenvalue weighted by Gasteiger charge is -2.05. The van der Waals surface area contributed by atoms with Crippen LogP contribution in [0, 0.1) is 0 Å². The smallest absolute Gasteiger partial charge is 0.335 e. The van der Waals surface area contributed by atoms with Crippen LogP contribution in [-0.2, 0) is 14.8 Å². The topological polar surface area (TPSA) is 72.5 Å². The van der Waals surface area contributed by atoms with E-state index in [1.165, 1.54) is 24.3 Å². The van der Waals surface area contributed by atoms with Gasteiger partial charge in [-0.1, -0.05) is 13.5 Å². The number of nitrogens with one attached hydrogen (secondary N) is 1. The van der Waals surface area contributed by atoms with Gasteiger partial charge in [0.1, 0.15) is 5.75 Å². The third kappa shape index (κ3) is 3.69. The Hall–Kier alpha value is -1.66. The predicted molar refractivity (Wildman–Crippen MR) is 63.1 cm³/mol. The highest BCUT2D eigenvalue weighted by atomic mass is 32.2. The Morgan fingerprint density at radius 1 is 1.41 bits per heavy atom. The molecule has 0 fully saturated rings. The fraction of sp³-hybridized carbons (Fsp3) is 0.182. The average molecular weight is 255 g/mol. The van der Waals surface area contributed by atoms with Gasteiger partial charge in [0.2, 0.25) is 10.0 Å². The van der Waals surface area contributed by atoms with Crippen LogP contribution in [0.25, 0.3) is 0 Å². The summed E-state index contributed by atoms with van der Waals surface area (Å²) in [6.45, 7) is 5.26. The fourth-order valence-corrected chi connectivity index (χ4v) is 2.16. The average Bonchev–Trinajstić information content (AvgIpc) is 2.29. The van der Waals surface area contributed by atoms with Crippen LogP contribution in [-0.4, -0.2) is 20.9 Å². The number of rotatable bonds is 5. The Bertz CT molecular complexity index is 505. The van der Waals surface area contributed by atoms with Gasteiger partial charge < -0.3 is 4.74 Å². The van der Waals surface area contributed by atoms with E-state index in [9.17, 15) is 13.2 Å². The molecule has 0 heterocycles. The minimum absolute atomic E-state index is 0.123. The molecule has 1 N–H and O–H groups in total. The van der Waals surface area contributed by atoms with Crippen molar-refractivity contribution in [3.63, 3.8) is 0 Å². The van der Waals surface area contributed by atoms with Crippen LogP contribution in [0.2, 0.25) is 0 Å². The first kappa shape index (κ1) is 13.4. The molecule has 0 aliphatic heterocycles. The van der Waals surface area contributed by atoms with Crippen LogP contribution in [0.4, 0.5) is 0 Å². The van der Waals surface area contributed by atoms with Gasteiger partial charge in [0, 0.05) is 12.6 Å². The van der Waals surface area contributed by atoms with Crippen LogP contribution < -0.4 is 9.46 Å². The van der Waals surface area contributed by atoms with Crippen molar-refractivity contribution in [3.8, 4) is 5.75 Å². The Morgan fingerprint density at radius 2 is 2.00 bits per heavy atom. The first-order valence-corrected chi connectivity index (χ1v) is 6.42. The van der Waals surface area contributed by atoms with Gasteiger partial charge in [0.15, 0.2) is 0 Å². The van der Waals surface area contributed by atoms with E-state index >= 15 is 0 Å². The summed E-state index contributed by atoms with van der Waals surface area (Å²) in [5.74, 6) is -0.322. The molecule has 0 bridgehead atoms. The SMILES string of the molecule is C=CC(=O)Oc1ccc(S(=O)(=O)NCC)cc1.